The van der Waals surface area contributed by atoms with Crippen LogP contribution >= 0.6 is 0 Å². The molecule has 31 heavy (non-hydrogen) atoms. The lowest BCUT2D eigenvalue weighted by Gasteiger charge is -2.36. The number of carbonyl (C=O) groups excluding carboxylic acids is 2. The zero-order valence-electron chi connectivity index (χ0n) is 17.6. The highest BCUT2D eigenvalue weighted by Crippen LogP contribution is 2.29. The van der Waals surface area contributed by atoms with E-state index >= 15 is 0 Å². The molecule has 3 heterocycles. The molecule has 2 aliphatic rings. The van der Waals surface area contributed by atoms with Crippen LogP contribution in [0.1, 0.15) is 25.7 Å². The highest BCUT2D eigenvalue weighted by molar-refractivity contribution is 7.89. The molecule has 0 N–H and O–H groups in total. The maximum absolute atomic E-state index is 13.3. The minimum atomic E-state index is -3.70. The molecule has 0 bridgehead atoms. The molecule has 166 valence electrons. The normalized spacial score (nSPS) is 21.2. The van der Waals surface area contributed by atoms with E-state index < -0.39 is 10.0 Å². The minimum Gasteiger partial charge on any atom is -0.469 e. The van der Waals surface area contributed by atoms with Crippen LogP contribution in [0.25, 0.3) is 10.9 Å². The third kappa shape index (κ3) is 4.29. The number of benzene rings is 1. The maximum Gasteiger partial charge on any atom is 0.310 e. The van der Waals surface area contributed by atoms with Crippen molar-refractivity contribution in [3.63, 3.8) is 0 Å². The second-order valence-electron chi connectivity index (χ2n) is 8.16. The molecule has 1 aromatic heterocycles. The van der Waals surface area contributed by atoms with Gasteiger partial charge in [-0.3, -0.25) is 14.6 Å². The van der Waals surface area contributed by atoms with Crippen LogP contribution in [-0.2, 0) is 24.3 Å². The fraction of sp³-hybridized carbons (Fsp3) is 0.500. The number of hydrogen-bond acceptors (Lipinski definition) is 6. The summed E-state index contributed by atoms with van der Waals surface area (Å²) in [7, 11) is -2.34. The Morgan fingerprint density at radius 1 is 1.03 bits per heavy atom. The lowest BCUT2D eigenvalue weighted by molar-refractivity contribution is -0.150. The van der Waals surface area contributed by atoms with E-state index in [1.54, 1.807) is 29.3 Å². The molecule has 0 aliphatic carbocycles. The molecule has 2 fully saturated rings. The molecular formula is C22H27N3O5S. The van der Waals surface area contributed by atoms with Gasteiger partial charge in [0.15, 0.2) is 0 Å². The third-order valence-electron chi connectivity index (χ3n) is 6.28. The predicted molar refractivity (Wildman–Crippen MR) is 115 cm³/mol. The molecule has 9 heteroatoms. The number of piperidine rings is 2. The van der Waals surface area contributed by atoms with Gasteiger partial charge in [-0.05, 0) is 37.8 Å². The van der Waals surface area contributed by atoms with Crippen LogP contribution in [0.15, 0.2) is 41.4 Å². The Bertz CT molecular complexity index is 1070. The van der Waals surface area contributed by atoms with E-state index in [9.17, 15) is 18.0 Å². The van der Waals surface area contributed by atoms with Gasteiger partial charge in [0.1, 0.15) is 4.90 Å². The predicted octanol–water partition coefficient (Wildman–Crippen LogP) is 2.05. The van der Waals surface area contributed by atoms with Crippen molar-refractivity contribution in [2.24, 2.45) is 11.8 Å². The lowest BCUT2D eigenvalue weighted by atomic mass is 9.93. The molecule has 0 saturated carbocycles. The van der Waals surface area contributed by atoms with Crippen molar-refractivity contribution < 1.29 is 22.7 Å². The van der Waals surface area contributed by atoms with Gasteiger partial charge in [-0.2, -0.15) is 4.31 Å². The summed E-state index contributed by atoms with van der Waals surface area (Å²) in [5, 5.41) is 0.777. The number of pyridine rings is 1. The summed E-state index contributed by atoms with van der Waals surface area (Å²) in [6.07, 6.45) is 4.02. The fourth-order valence-corrected chi connectivity index (χ4v) is 6.20. The van der Waals surface area contributed by atoms with E-state index in [4.69, 9.17) is 4.74 Å². The molecule has 1 unspecified atom stereocenters. The topological polar surface area (TPSA) is 96.9 Å². The van der Waals surface area contributed by atoms with E-state index in [-0.39, 0.29) is 41.7 Å². The largest absolute Gasteiger partial charge is 0.469 e. The smallest absolute Gasteiger partial charge is 0.310 e. The van der Waals surface area contributed by atoms with Crippen molar-refractivity contribution in [2.45, 2.75) is 30.6 Å². The Morgan fingerprint density at radius 2 is 1.77 bits per heavy atom. The number of amides is 1. The zero-order chi connectivity index (χ0) is 22.0. The minimum absolute atomic E-state index is 0.0116. The van der Waals surface area contributed by atoms with E-state index in [1.165, 1.54) is 11.4 Å². The van der Waals surface area contributed by atoms with Gasteiger partial charge >= 0.3 is 5.97 Å². The summed E-state index contributed by atoms with van der Waals surface area (Å²) in [6.45, 7) is 1.59. The van der Waals surface area contributed by atoms with Gasteiger partial charge in [0.2, 0.25) is 15.9 Å². The Kier molecular flexibility index (Phi) is 6.24. The molecule has 4 rings (SSSR count). The van der Waals surface area contributed by atoms with Gasteiger partial charge in [0.05, 0.1) is 18.5 Å². The first-order valence-corrected chi connectivity index (χ1v) is 12.1. The van der Waals surface area contributed by atoms with Crippen LogP contribution in [-0.4, -0.2) is 67.8 Å². The molecule has 2 aromatic rings. The first-order valence-electron chi connectivity index (χ1n) is 10.6. The molecule has 1 amide bonds. The summed E-state index contributed by atoms with van der Waals surface area (Å²) in [6, 6.07) is 8.77. The number of sulfonamides is 1. The van der Waals surface area contributed by atoms with Crippen LogP contribution in [0.2, 0.25) is 0 Å². The molecule has 1 aromatic carbocycles. The molecule has 2 saturated heterocycles. The van der Waals surface area contributed by atoms with Crippen LogP contribution in [0, 0.1) is 11.8 Å². The lowest BCUT2D eigenvalue weighted by Crippen LogP contribution is -2.48. The third-order valence-corrected chi connectivity index (χ3v) is 8.21. The van der Waals surface area contributed by atoms with Gasteiger partial charge in [-0.15, -0.1) is 0 Å². The fourth-order valence-electron chi connectivity index (χ4n) is 4.56. The van der Waals surface area contributed by atoms with E-state index in [1.807, 2.05) is 12.1 Å². The first kappa shape index (κ1) is 21.7. The second-order valence-corrected chi connectivity index (χ2v) is 10.1. The van der Waals surface area contributed by atoms with Crippen LogP contribution in [0.5, 0.6) is 0 Å². The van der Waals surface area contributed by atoms with Gasteiger partial charge in [-0.25, -0.2) is 8.42 Å². The second kappa shape index (κ2) is 8.92. The Balaban J connectivity index is 1.43. The van der Waals surface area contributed by atoms with E-state index in [0.29, 0.717) is 31.4 Å². The van der Waals surface area contributed by atoms with Crippen LogP contribution in [0.3, 0.4) is 0 Å². The standard InChI is InChI=1S/C22H27N3O5S/c1-30-22(27)18-7-4-12-24(15-18)21(26)17-9-13-25(14-10-17)31(28,29)19-8-2-5-16-6-3-11-23-20(16)19/h2-3,5-6,8,11,17-18H,4,7,9-10,12-15H2,1H3. The Labute approximate surface area is 182 Å². The van der Waals surface area contributed by atoms with Gasteiger partial charge in [-0.1, -0.05) is 18.2 Å². The average molecular weight is 446 g/mol. The van der Waals surface area contributed by atoms with E-state index in [0.717, 1.165) is 18.2 Å². The molecule has 0 spiro atoms. The van der Waals surface area contributed by atoms with Gasteiger partial charge < -0.3 is 9.64 Å². The number of rotatable bonds is 4. The van der Waals surface area contributed by atoms with Crippen molar-refractivity contribution in [3.8, 4) is 0 Å². The summed E-state index contributed by atoms with van der Waals surface area (Å²) >= 11 is 0. The quantitative estimate of drug-likeness (QED) is 0.668. The van der Waals surface area contributed by atoms with Gasteiger partial charge in [0, 0.05) is 43.7 Å². The highest BCUT2D eigenvalue weighted by atomic mass is 32.2. The van der Waals surface area contributed by atoms with Crippen molar-refractivity contribution in [3.05, 3.63) is 36.5 Å². The zero-order valence-corrected chi connectivity index (χ0v) is 18.4. The summed E-state index contributed by atoms with van der Waals surface area (Å²) in [5.74, 6) is -0.768. The number of aromatic nitrogens is 1. The summed E-state index contributed by atoms with van der Waals surface area (Å²) in [5.41, 5.74) is 0.463. The average Bonchev–Trinajstić information content (AvgIpc) is 2.82. The Morgan fingerprint density at radius 3 is 2.52 bits per heavy atom. The van der Waals surface area contributed by atoms with Crippen molar-refractivity contribution in [1.29, 1.82) is 0 Å². The Hall–Kier alpha value is -2.52. The van der Waals surface area contributed by atoms with Crippen molar-refractivity contribution >= 4 is 32.8 Å². The van der Waals surface area contributed by atoms with E-state index in [2.05, 4.69) is 4.98 Å². The number of carbonyl (C=O) groups is 2. The number of para-hydroxylation sites is 1. The van der Waals surface area contributed by atoms with Crippen molar-refractivity contribution in [2.75, 3.05) is 33.3 Å². The number of esters is 1. The number of fused-ring (bicyclic) bond motifs is 1. The number of ether oxygens (including phenoxy) is 1. The van der Waals surface area contributed by atoms with Crippen molar-refractivity contribution in [1.82, 2.24) is 14.2 Å². The highest BCUT2D eigenvalue weighted by Gasteiger charge is 2.36. The number of nitrogens with zero attached hydrogens (tertiary/aromatic N) is 3. The van der Waals surface area contributed by atoms with Gasteiger partial charge in [0.25, 0.3) is 0 Å². The molecule has 0 radical (unpaired) electrons. The van der Waals surface area contributed by atoms with Crippen LogP contribution < -0.4 is 0 Å². The molecule has 1 atom stereocenters. The first-order chi connectivity index (χ1) is 14.9. The molecular weight excluding hydrogens is 418 g/mol. The monoisotopic (exact) mass is 445 g/mol. The molecule has 8 nitrogen and oxygen atoms in total. The number of likely N-dealkylation sites (tertiary alicyclic amines) is 1. The number of hydrogen-bond donors (Lipinski definition) is 0. The number of methoxy groups -OCH3 is 1. The SMILES string of the molecule is COC(=O)C1CCCN(C(=O)C2CCN(S(=O)(=O)c3cccc4cccnc34)CC2)C1. The summed E-state index contributed by atoms with van der Waals surface area (Å²) < 4.78 is 32.8. The summed E-state index contributed by atoms with van der Waals surface area (Å²) in [4.78, 5) is 31.1. The maximum atomic E-state index is 13.3. The molecule has 2 aliphatic heterocycles. The van der Waals surface area contributed by atoms with Crippen LogP contribution in [0.4, 0.5) is 0 Å².